The van der Waals surface area contributed by atoms with Crippen LogP contribution in [0.2, 0.25) is 0 Å². The van der Waals surface area contributed by atoms with E-state index in [9.17, 15) is 5.11 Å². The average Bonchev–Trinajstić information content (AvgIpc) is 2.67. The fourth-order valence-corrected chi connectivity index (χ4v) is 2.93. The summed E-state index contributed by atoms with van der Waals surface area (Å²) in [5.41, 5.74) is 0.600. The van der Waals surface area contributed by atoms with Crippen molar-refractivity contribution >= 4 is 29.9 Å². The smallest absolute Gasteiger partial charge is 0.191 e. The molecule has 0 bridgehead atoms. The summed E-state index contributed by atoms with van der Waals surface area (Å²) in [6.07, 6.45) is 4.53. The van der Waals surface area contributed by atoms with Crippen molar-refractivity contribution in [2.45, 2.75) is 44.6 Å². The number of hydrogen-bond acceptors (Lipinski definition) is 4. The number of unbranched alkanes of at least 4 members (excludes halogenated alkanes) is 1. The maximum absolute atomic E-state index is 10.5. The number of hydrogen-bond donors (Lipinski definition) is 3. The molecule has 27 heavy (non-hydrogen) atoms. The van der Waals surface area contributed by atoms with Gasteiger partial charge in [0, 0.05) is 39.1 Å². The van der Waals surface area contributed by atoms with Gasteiger partial charge in [-0.25, -0.2) is 0 Å². The van der Waals surface area contributed by atoms with Crippen molar-refractivity contribution in [2.24, 2.45) is 4.99 Å². The average molecular weight is 491 g/mol. The van der Waals surface area contributed by atoms with Crippen LogP contribution < -0.4 is 15.4 Å². The van der Waals surface area contributed by atoms with Gasteiger partial charge in [-0.3, -0.25) is 4.99 Å². The summed E-state index contributed by atoms with van der Waals surface area (Å²) >= 11 is 0. The molecule has 0 amide bonds. The largest absolute Gasteiger partial charge is 0.497 e. The van der Waals surface area contributed by atoms with Gasteiger partial charge >= 0.3 is 0 Å². The van der Waals surface area contributed by atoms with Crippen molar-refractivity contribution in [1.29, 1.82) is 0 Å². The number of methoxy groups -OCH3 is 1. The van der Waals surface area contributed by atoms with Crippen molar-refractivity contribution in [2.75, 3.05) is 40.0 Å². The van der Waals surface area contributed by atoms with E-state index >= 15 is 0 Å². The highest BCUT2D eigenvalue weighted by Gasteiger charge is 2.29. The van der Waals surface area contributed by atoms with Gasteiger partial charge in [-0.1, -0.05) is 12.1 Å². The molecule has 7 heteroatoms. The molecule has 0 saturated carbocycles. The Morgan fingerprint density at radius 3 is 2.52 bits per heavy atom. The van der Waals surface area contributed by atoms with Gasteiger partial charge in [-0.2, -0.15) is 0 Å². The first-order valence-corrected chi connectivity index (χ1v) is 9.60. The summed E-state index contributed by atoms with van der Waals surface area (Å²) in [7, 11) is 1.69. The number of aliphatic imine (C=N–C) groups is 1. The van der Waals surface area contributed by atoms with Crippen molar-refractivity contribution < 1.29 is 14.6 Å². The molecule has 0 aliphatic carbocycles. The van der Waals surface area contributed by atoms with Crippen LogP contribution in [0.5, 0.6) is 5.75 Å². The van der Waals surface area contributed by atoms with Gasteiger partial charge in [-0.05, 0) is 43.9 Å². The van der Waals surface area contributed by atoms with E-state index in [4.69, 9.17) is 9.47 Å². The summed E-state index contributed by atoms with van der Waals surface area (Å²) in [4.78, 5) is 4.56. The number of aliphatic hydroxyl groups is 1. The van der Waals surface area contributed by atoms with Crippen molar-refractivity contribution in [1.82, 2.24) is 10.6 Å². The second kappa shape index (κ2) is 13.2. The zero-order chi connectivity index (χ0) is 18.7. The van der Waals surface area contributed by atoms with Gasteiger partial charge in [0.2, 0.25) is 0 Å². The van der Waals surface area contributed by atoms with Crippen molar-refractivity contribution in [3.05, 3.63) is 29.8 Å². The molecule has 3 N–H and O–H groups in total. The van der Waals surface area contributed by atoms with Gasteiger partial charge in [0.25, 0.3) is 0 Å². The Balaban J connectivity index is 0.00000364. The molecule has 1 aliphatic heterocycles. The molecule has 6 nitrogen and oxygen atoms in total. The number of rotatable bonds is 9. The molecule has 1 aromatic rings. The van der Waals surface area contributed by atoms with E-state index in [-0.39, 0.29) is 24.0 Å². The Bertz CT molecular complexity index is 546. The Kier molecular flexibility index (Phi) is 11.7. The van der Waals surface area contributed by atoms with Gasteiger partial charge in [0.05, 0.1) is 19.3 Å². The van der Waals surface area contributed by atoms with Crippen LogP contribution in [0.1, 0.15) is 38.2 Å². The lowest BCUT2D eigenvalue weighted by atomic mass is 9.95. The van der Waals surface area contributed by atoms with Crippen LogP contribution in [0.3, 0.4) is 0 Å². The first-order valence-electron chi connectivity index (χ1n) is 9.60. The minimum absolute atomic E-state index is 0. The summed E-state index contributed by atoms with van der Waals surface area (Å²) in [5.74, 6) is 1.67. The number of nitrogens with zero attached hydrogens (tertiary/aromatic N) is 1. The minimum atomic E-state index is -0.727. The van der Waals surface area contributed by atoms with Gasteiger partial charge < -0.3 is 25.2 Å². The predicted octanol–water partition coefficient (Wildman–Crippen LogP) is 2.73. The molecule has 0 spiro atoms. The third-order valence-electron chi connectivity index (χ3n) is 4.64. The summed E-state index contributed by atoms with van der Waals surface area (Å²) in [5, 5.41) is 17.1. The highest BCUT2D eigenvalue weighted by molar-refractivity contribution is 14.0. The normalized spacial score (nSPS) is 16.3. The van der Waals surface area contributed by atoms with Crippen molar-refractivity contribution in [3.8, 4) is 5.75 Å². The molecule has 0 radical (unpaired) electrons. The first kappa shape index (κ1) is 24.0. The van der Waals surface area contributed by atoms with Crippen molar-refractivity contribution in [3.63, 3.8) is 0 Å². The number of halogens is 1. The Labute approximate surface area is 180 Å². The summed E-state index contributed by atoms with van der Waals surface area (Å²) in [6.45, 7) is 5.35. The molecule has 1 fully saturated rings. The van der Waals surface area contributed by atoms with Crippen LogP contribution >= 0.6 is 24.0 Å². The monoisotopic (exact) mass is 491 g/mol. The zero-order valence-electron chi connectivity index (χ0n) is 16.5. The highest BCUT2D eigenvalue weighted by atomic mass is 127. The topological polar surface area (TPSA) is 75.1 Å². The van der Waals surface area contributed by atoms with E-state index < -0.39 is 5.60 Å². The number of benzene rings is 1. The van der Waals surface area contributed by atoms with Crippen LogP contribution in [-0.4, -0.2) is 56.6 Å². The second-order valence-electron chi connectivity index (χ2n) is 6.76. The van der Waals surface area contributed by atoms with Crippen LogP contribution in [0.4, 0.5) is 0 Å². The first-order chi connectivity index (χ1) is 12.6. The number of aryl methyl sites for hydroxylation is 1. The van der Waals surface area contributed by atoms with Crippen LogP contribution in [0.15, 0.2) is 29.3 Å². The summed E-state index contributed by atoms with van der Waals surface area (Å²) in [6, 6.07) is 8.24. The molecule has 1 saturated heterocycles. The SMILES string of the molecule is CCNC(=NCC1(O)CCOCC1)NCCCCc1ccc(OC)cc1.I. The van der Waals surface area contributed by atoms with Gasteiger partial charge in [0.15, 0.2) is 5.96 Å². The molecule has 0 unspecified atom stereocenters. The quantitative estimate of drug-likeness (QED) is 0.215. The highest BCUT2D eigenvalue weighted by Crippen LogP contribution is 2.20. The Morgan fingerprint density at radius 1 is 1.19 bits per heavy atom. The van der Waals surface area contributed by atoms with E-state index in [0.29, 0.717) is 32.6 Å². The maximum atomic E-state index is 10.5. The fourth-order valence-electron chi connectivity index (χ4n) is 2.93. The van der Waals surface area contributed by atoms with Gasteiger partial charge in [0.1, 0.15) is 5.75 Å². The van der Waals surface area contributed by atoms with Crippen LogP contribution in [0, 0.1) is 0 Å². The lowest BCUT2D eigenvalue weighted by Crippen LogP contribution is -2.42. The number of nitrogens with one attached hydrogen (secondary N) is 2. The summed E-state index contributed by atoms with van der Waals surface area (Å²) < 4.78 is 10.5. The lowest BCUT2D eigenvalue weighted by molar-refractivity contribution is -0.0565. The minimum Gasteiger partial charge on any atom is -0.497 e. The molecule has 0 aromatic heterocycles. The molecular weight excluding hydrogens is 457 g/mol. The second-order valence-corrected chi connectivity index (χ2v) is 6.76. The van der Waals surface area contributed by atoms with E-state index in [1.807, 2.05) is 19.1 Å². The van der Waals surface area contributed by atoms with E-state index in [1.165, 1.54) is 5.56 Å². The molecule has 0 atom stereocenters. The lowest BCUT2D eigenvalue weighted by Gasteiger charge is -2.30. The van der Waals surface area contributed by atoms with Gasteiger partial charge in [-0.15, -0.1) is 24.0 Å². The maximum Gasteiger partial charge on any atom is 0.191 e. The van der Waals surface area contributed by atoms with Crippen LogP contribution in [-0.2, 0) is 11.2 Å². The third-order valence-corrected chi connectivity index (χ3v) is 4.64. The van der Waals surface area contributed by atoms with E-state index in [2.05, 4.69) is 27.8 Å². The van der Waals surface area contributed by atoms with E-state index in [0.717, 1.165) is 44.1 Å². The molecule has 1 aliphatic rings. The van der Waals surface area contributed by atoms with Crippen LogP contribution in [0.25, 0.3) is 0 Å². The molecular formula is C20H34IN3O3. The number of ether oxygens (including phenoxy) is 2. The fraction of sp³-hybridized carbons (Fsp3) is 0.650. The molecule has 2 rings (SSSR count). The standard InChI is InChI=1S/C20H33N3O3.HI/c1-3-21-19(23-16-20(24)11-14-26-15-12-20)22-13-5-4-6-17-7-9-18(25-2)10-8-17;/h7-10,24H,3-6,11-16H2,1-2H3,(H2,21,22,23);1H. The zero-order valence-corrected chi connectivity index (χ0v) is 18.8. The Morgan fingerprint density at radius 2 is 1.89 bits per heavy atom. The molecule has 1 heterocycles. The number of guanidine groups is 1. The van der Waals surface area contributed by atoms with E-state index in [1.54, 1.807) is 7.11 Å². The predicted molar refractivity (Wildman–Crippen MR) is 120 cm³/mol. The molecule has 1 aromatic carbocycles. The third kappa shape index (κ3) is 9.12. The molecule has 154 valence electrons. The Hall–Kier alpha value is -1.06.